The van der Waals surface area contributed by atoms with E-state index in [9.17, 15) is 8.42 Å². The fourth-order valence-electron chi connectivity index (χ4n) is 2.36. The molecule has 0 radical (unpaired) electrons. The number of hydrogen-bond acceptors (Lipinski definition) is 6. The minimum absolute atomic E-state index is 0.0437. The van der Waals surface area contributed by atoms with Crippen molar-refractivity contribution in [3.8, 4) is 22.6 Å². The summed E-state index contributed by atoms with van der Waals surface area (Å²) in [7, 11) is -3.85. The van der Waals surface area contributed by atoms with Crippen LogP contribution in [0, 0.1) is 0 Å². The molecule has 0 aliphatic carbocycles. The first-order valence-corrected chi connectivity index (χ1v) is 8.54. The zero-order valence-corrected chi connectivity index (χ0v) is 13.1. The molecule has 0 spiro atoms. The topological polar surface area (TPSA) is 90.7 Å². The molecular weight excluding hydrogens is 332 g/mol. The van der Waals surface area contributed by atoms with E-state index in [1.165, 1.54) is 18.3 Å². The molecule has 1 N–H and O–H groups in total. The van der Waals surface area contributed by atoms with Gasteiger partial charge in [0.05, 0.1) is 16.7 Å². The number of ether oxygens (including phenoxy) is 2. The molecule has 8 heteroatoms. The highest BCUT2D eigenvalue weighted by molar-refractivity contribution is 7.92. The van der Waals surface area contributed by atoms with Crippen LogP contribution in [0.5, 0.6) is 11.5 Å². The first-order chi connectivity index (χ1) is 11.6. The second-order valence-electron chi connectivity index (χ2n) is 5.06. The molecule has 1 aromatic heterocycles. The summed E-state index contributed by atoms with van der Waals surface area (Å²) < 4.78 is 43.1. The van der Waals surface area contributed by atoms with Crippen LogP contribution in [-0.4, -0.2) is 20.4 Å². The average molecular weight is 344 g/mol. The number of hydrogen-bond donors (Lipinski definition) is 1. The van der Waals surface area contributed by atoms with Crippen LogP contribution in [0.1, 0.15) is 0 Å². The van der Waals surface area contributed by atoms with Crippen molar-refractivity contribution < 1.29 is 22.4 Å². The van der Waals surface area contributed by atoms with Gasteiger partial charge >= 0.3 is 0 Å². The van der Waals surface area contributed by atoms with Gasteiger partial charge in [-0.25, -0.2) is 13.1 Å². The maximum absolute atomic E-state index is 12.6. The van der Waals surface area contributed by atoms with Gasteiger partial charge in [0.15, 0.2) is 11.5 Å². The summed E-state index contributed by atoms with van der Waals surface area (Å²) in [5.74, 6) is 0.955. The predicted octanol–water partition coefficient (Wildman–Crippen LogP) is 2.87. The first-order valence-electron chi connectivity index (χ1n) is 7.06. The fourth-order valence-corrected chi connectivity index (χ4v) is 3.38. The van der Waals surface area contributed by atoms with E-state index in [2.05, 4.69) is 9.88 Å². The van der Waals surface area contributed by atoms with Crippen LogP contribution in [-0.2, 0) is 10.0 Å². The Balaban J connectivity index is 1.67. The van der Waals surface area contributed by atoms with Gasteiger partial charge in [-0.05, 0) is 17.7 Å². The van der Waals surface area contributed by atoms with Crippen LogP contribution in [0.2, 0.25) is 0 Å². The molecule has 1 aliphatic rings. The van der Waals surface area contributed by atoms with Gasteiger partial charge < -0.3 is 14.0 Å². The average Bonchev–Trinajstić information content (AvgIpc) is 3.23. The van der Waals surface area contributed by atoms with E-state index in [0.29, 0.717) is 17.1 Å². The normalized spacial score (nSPS) is 13.0. The molecule has 7 nitrogen and oxygen atoms in total. The van der Waals surface area contributed by atoms with Crippen molar-refractivity contribution in [1.29, 1.82) is 0 Å². The molecule has 0 atom stereocenters. The second kappa shape index (κ2) is 5.57. The Kier molecular flexibility index (Phi) is 3.39. The fraction of sp³-hybridized carbons (Fsp3) is 0.0625. The van der Waals surface area contributed by atoms with E-state index in [-0.39, 0.29) is 17.6 Å². The highest BCUT2D eigenvalue weighted by Crippen LogP contribution is 2.35. The maximum Gasteiger partial charge on any atom is 0.264 e. The number of nitrogens with one attached hydrogen (secondary N) is 1. The lowest BCUT2D eigenvalue weighted by atomic mass is 10.1. The lowest BCUT2D eigenvalue weighted by molar-refractivity contribution is 0.174. The lowest BCUT2D eigenvalue weighted by Gasteiger charge is -2.07. The van der Waals surface area contributed by atoms with Crippen LogP contribution in [0.3, 0.4) is 0 Å². The van der Waals surface area contributed by atoms with Crippen molar-refractivity contribution in [2.45, 2.75) is 4.90 Å². The molecule has 4 rings (SSSR count). The van der Waals surface area contributed by atoms with E-state index in [1.807, 2.05) is 30.3 Å². The summed E-state index contributed by atoms with van der Waals surface area (Å²) in [6, 6.07) is 13.6. The van der Waals surface area contributed by atoms with Gasteiger partial charge in [0, 0.05) is 6.07 Å². The smallest absolute Gasteiger partial charge is 0.264 e. The van der Waals surface area contributed by atoms with Gasteiger partial charge in [0.2, 0.25) is 12.7 Å². The Hall–Kier alpha value is -3.00. The van der Waals surface area contributed by atoms with Gasteiger partial charge in [0.25, 0.3) is 10.0 Å². The van der Waals surface area contributed by atoms with Gasteiger partial charge in [-0.1, -0.05) is 35.5 Å². The molecule has 0 bridgehead atoms. The molecule has 0 unspecified atom stereocenters. The summed E-state index contributed by atoms with van der Waals surface area (Å²) in [5.41, 5.74) is 1.35. The molecule has 1 aliphatic heterocycles. The number of anilines is 1. The highest BCUT2D eigenvalue weighted by Gasteiger charge is 2.23. The summed E-state index contributed by atoms with van der Waals surface area (Å²) in [4.78, 5) is 0.0437. The largest absolute Gasteiger partial charge is 0.454 e. The van der Waals surface area contributed by atoms with E-state index < -0.39 is 10.0 Å². The molecule has 24 heavy (non-hydrogen) atoms. The Morgan fingerprint density at radius 1 is 1.00 bits per heavy atom. The molecule has 0 fully saturated rings. The van der Waals surface area contributed by atoms with Crippen molar-refractivity contribution in [1.82, 2.24) is 5.16 Å². The van der Waals surface area contributed by atoms with Gasteiger partial charge in [-0.3, -0.25) is 0 Å². The Bertz CT molecular complexity index is 983. The number of aromatic nitrogens is 1. The zero-order chi connectivity index (χ0) is 16.6. The zero-order valence-electron chi connectivity index (χ0n) is 12.3. The molecule has 122 valence electrons. The SMILES string of the molecule is O=S(=O)(Nc1oncc1-c1ccccc1)c1ccc2c(c1)OCO2. The molecular formula is C16H12N2O5S. The van der Waals surface area contributed by atoms with Crippen molar-refractivity contribution >= 4 is 15.9 Å². The number of nitrogens with zero attached hydrogens (tertiary/aromatic N) is 1. The number of sulfonamides is 1. The second-order valence-corrected chi connectivity index (χ2v) is 6.74. The highest BCUT2D eigenvalue weighted by atomic mass is 32.2. The quantitative estimate of drug-likeness (QED) is 0.782. The molecule has 2 heterocycles. The third-order valence-corrected chi connectivity index (χ3v) is 4.87. The first kappa shape index (κ1) is 14.6. The van der Waals surface area contributed by atoms with Crippen LogP contribution >= 0.6 is 0 Å². The van der Waals surface area contributed by atoms with Crippen LogP contribution in [0.4, 0.5) is 5.88 Å². The van der Waals surface area contributed by atoms with Gasteiger partial charge in [-0.2, -0.15) is 0 Å². The number of benzene rings is 2. The third-order valence-electron chi connectivity index (χ3n) is 3.54. The van der Waals surface area contributed by atoms with Crippen molar-refractivity contribution in [2.24, 2.45) is 0 Å². The Labute approximate surface area is 137 Å². The molecule has 2 aromatic carbocycles. The van der Waals surface area contributed by atoms with E-state index in [0.717, 1.165) is 5.56 Å². The molecule has 0 saturated carbocycles. The Morgan fingerprint density at radius 3 is 2.62 bits per heavy atom. The van der Waals surface area contributed by atoms with E-state index >= 15 is 0 Å². The van der Waals surface area contributed by atoms with E-state index in [1.54, 1.807) is 6.07 Å². The van der Waals surface area contributed by atoms with Gasteiger partial charge in [0.1, 0.15) is 0 Å². The minimum Gasteiger partial charge on any atom is -0.454 e. The minimum atomic E-state index is -3.85. The lowest BCUT2D eigenvalue weighted by Crippen LogP contribution is -2.13. The Morgan fingerprint density at radius 2 is 1.79 bits per heavy atom. The van der Waals surface area contributed by atoms with Crippen molar-refractivity contribution in [3.63, 3.8) is 0 Å². The number of rotatable bonds is 4. The molecule has 0 amide bonds. The van der Waals surface area contributed by atoms with Crippen molar-refractivity contribution in [2.75, 3.05) is 11.5 Å². The number of fused-ring (bicyclic) bond motifs is 1. The van der Waals surface area contributed by atoms with Crippen LogP contribution in [0.25, 0.3) is 11.1 Å². The summed E-state index contributed by atoms with van der Waals surface area (Å²) in [6.45, 7) is 0.0759. The van der Waals surface area contributed by atoms with Crippen LogP contribution < -0.4 is 14.2 Å². The monoisotopic (exact) mass is 344 g/mol. The molecule has 3 aromatic rings. The summed E-state index contributed by atoms with van der Waals surface area (Å²) in [6.07, 6.45) is 1.47. The standard InChI is InChI=1S/C16H12N2O5S/c19-24(20,12-6-7-14-15(8-12)22-10-21-14)18-16-13(9-17-23-16)11-4-2-1-3-5-11/h1-9,18H,10H2. The van der Waals surface area contributed by atoms with Gasteiger partial charge in [-0.15, -0.1) is 0 Å². The van der Waals surface area contributed by atoms with Crippen molar-refractivity contribution in [3.05, 3.63) is 54.7 Å². The van der Waals surface area contributed by atoms with E-state index in [4.69, 9.17) is 14.0 Å². The third kappa shape index (κ3) is 2.56. The maximum atomic E-state index is 12.6. The van der Waals surface area contributed by atoms with Crippen LogP contribution in [0.15, 0.2) is 64.1 Å². The molecule has 0 saturated heterocycles. The predicted molar refractivity (Wildman–Crippen MR) is 85.3 cm³/mol. The summed E-state index contributed by atoms with van der Waals surface area (Å²) in [5, 5.41) is 3.69. The summed E-state index contributed by atoms with van der Waals surface area (Å²) >= 11 is 0.